The maximum atomic E-state index is 15.4. The van der Waals surface area contributed by atoms with Crippen LogP contribution in [0, 0.1) is 43.0 Å². The van der Waals surface area contributed by atoms with Crippen LogP contribution >= 0.6 is 0 Å². The van der Waals surface area contributed by atoms with E-state index in [0.29, 0.717) is 16.8 Å². The molecular weight excluding hydrogens is 450 g/mol. The lowest BCUT2D eigenvalue weighted by Gasteiger charge is -2.26. The predicted molar refractivity (Wildman–Crippen MR) is 123 cm³/mol. The molecule has 0 aliphatic heterocycles. The van der Waals surface area contributed by atoms with E-state index in [4.69, 9.17) is 4.74 Å². The van der Waals surface area contributed by atoms with Gasteiger partial charge in [-0.25, -0.2) is 22.4 Å². The number of carboxylic acids is 1. The summed E-state index contributed by atoms with van der Waals surface area (Å²) in [6, 6.07) is 8.46. The first-order valence-corrected chi connectivity index (χ1v) is 10.6. The van der Waals surface area contributed by atoms with Crippen LogP contribution in [0.2, 0.25) is 0 Å². The predicted octanol–water partition coefficient (Wildman–Crippen LogP) is 6.78. The van der Waals surface area contributed by atoms with Gasteiger partial charge in [-0.15, -0.1) is 0 Å². The molecule has 34 heavy (non-hydrogen) atoms. The minimum Gasteiger partial charge on any atom is -0.478 e. The van der Waals surface area contributed by atoms with Gasteiger partial charge in [-0.1, -0.05) is 19.9 Å². The smallest absolute Gasteiger partial charge is 0.345 e. The lowest BCUT2D eigenvalue weighted by atomic mass is 9.97. The number of ether oxygens (including phenoxy) is 1. The number of hydrogen-bond acceptors (Lipinski definition) is 3. The van der Waals surface area contributed by atoms with Crippen LogP contribution in [0.3, 0.4) is 0 Å². The largest absolute Gasteiger partial charge is 0.478 e. The topological polar surface area (TPSA) is 49.8 Å². The molecule has 0 aliphatic carbocycles. The average Bonchev–Trinajstić information content (AvgIpc) is 2.73. The Labute approximate surface area is 195 Å². The molecule has 1 N–H and O–H groups in total. The van der Waals surface area contributed by atoms with Crippen LogP contribution in [0.5, 0.6) is 5.75 Å². The summed E-state index contributed by atoms with van der Waals surface area (Å²) >= 11 is 0. The molecule has 3 aromatic rings. The second-order valence-corrected chi connectivity index (χ2v) is 8.48. The summed E-state index contributed by atoms with van der Waals surface area (Å²) in [4.78, 5) is 12.7. The van der Waals surface area contributed by atoms with E-state index in [1.54, 1.807) is 39.8 Å². The summed E-state index contributed by atoms with van der Waals surface area (Å²) in [5.74, 6) is -5.57. The van der Waals surface area contributed by atoms with Gasteiger partial charge in [0, 0.05) is 24.7 Å². The molecule has 0 aromatic heterocycles. The number of benzene rings is 3. The summed E-state index contributed by atoms with van der Waals surface area (Å²) in [5, 5.41) is 9.37. The highest BCUT2D eigenvalue weighted by molar-refractivity contribution is 5.77. The third kappa shape index (κ3) is 5.00. The van der Waals surface area contributed by atoms with Crippen LogP contribution in [-0.2, 0) is 4.79 Å². The number of aliphatic carboxylic acids is 1. The number of hydrogen-bond donors (Lipinski definition) is 1. The zero-order valence-electron chi connectivity index (χ0n) is 19.4. The molecule has 0 fully saturated rings. The van der Waals surface area contributed by atoms with Gasteiger partial charge in [0.1, 0.15) is 23.1 Å². The van der Waals surface area contributed by atoms with E-state index in [1.807, 2.05) is 0 Å². The lowest BCUT2D eigenvalue weighted by molar-refractivity contribution is -0.147. The van der Waals surface area contributed by atoms with Crippen molar-refractivity contribution in [3.05, 3.63) is 76.9 Å². The molecule has 0 spiro atoms. The van der Waals surface area contributed by atoms with E-state index in [-0.39, 0.29) is 5.56 Å². The second kappa shape index (κ2) is 9.75. The first kappa shape index (κ1) is 25.1. The SMILES string of the molecule is Cc1cc(-c2cc(F)cc(F)c2)cc(N(C)c2c(F)ccc(OC(C(=O)O)C(C)C)c2F)c1C. The molecule has 0 heterocycles. The minimum atomic E-state index is -1.33. The zero-order valence-corrected chi connectivity index (χ0v) is 19.4. The van der Waals surface area contributed by atoms with Crippen molar-refractivity contribution in [2.45, 2.75) is 33.8 Å². The molecule has 1 atom stereocenters. The van der Waals surface area contributed by atoms with E-state index in [0.717, 1.165) is 23.8 Å². The Hall–Kier alpha value is -3.55. The van der Waals surface area contributed by atoms with Crippen LogP contribution in [-0.4, -0.2) is 24.2 Å². The number of aryl methyl sites for hydroxylation is 1. The Morgan fingerprint density at radius 3 is 2.09 bits per heavy atom. The van der Waals surface area contributed by atoms with Gasteiger partial charge in [-0.2, -0.15) is 0 Å². The highest BCUT2D eigenvalue weighted by atomic mass is 19.1. The van der Waals surface area contributed by atoms with E-state index >= 15 is 4.39 Å². The molecular formula is C26H25F4NO3. The molecule has 180 valence electrons. The van der Waals surface area contributed by atoms with Gasteiger partial charge in [0.25, 0.3) is 0 Å². The number of rotatable bonds is 7. The van der Waals surface area contributed by atoms with Gasteiger partial charge in [-0.3, -0.25) is 0 Å². The average molecular weight is 475 g/mol. The van der Waals surface area contributed by atoms with Crippen molar-refractivity contribution in [1.29, 1.82) is 0 Å². The van der Waals surface area contributed by atoms with E-state index < -0.39 is 52.7 Å². The monoisotopic (exact) mass is 475 g/mol. The molecule has 0 saturated heterocycles. The molecule has 3 rings (SSSR count). The molecule has 4 nitrogen and oxygen atoms in total. The number of nitrogens with zero attached hydrogens (tertiary/aromatic N) is 1. The summed E-state index contributed by atoms with van der Waals surface area (Å²) in [6.07, 6.45) is -1.33. The maximum absolute atomic E-state index is 15.4. The maximum Gasteiger partial charge on any atom is 0.345 e. The van der Waals surface area contributed by atoms with Crippen molar-refractivity contribution < 1.29 is 32.2 Å². The Bertz CT molecular complexity index is 1220. The number of anilines is 2. The van der Waals surface area contributed by atoms with Crippen molar-refractivity contribution >= 4 is 17.3 Å². The highest BCUT2D eigenvalue weighted by Crippen LogP contribution is 2.39. The normalized spacial score (nSPS) is 12.1. The van der Waals surface area contributed by atoms with Crippen LogP contribution < -0.4 is 9.64 Å². The fraction of sp³-hybridized carbons (Fsp3) is 0.269. The number of carboxylic acid groups (broad SMARTS) is 1. The third-order valence-corrected chi connectivity index (χ3v) is 5.67. The van der Waals surface area contributed by atoms with E-state index in [2.05, 4.69) is 0 Å². The van der Waals surface area contributed by atoms with Gasteiger partial charge >= 0.3 is 5.97 Å². The van der Waals surface area contributed by atoms with E-state index in [1.165, 1.54) is 24.1 Å². The van der Waals surface area contributed by atoms with E-state index in [9.17, 15) is 23.1 Å². The van der Waals surface area contributed by atoms with Gasteiger partial charge < -0.3 is 14.7 Å². The quantitative estimate of drug-likeness (QED) is 0.383. The second-order valence-electron chi connectivity index (χ2n) is 8.48. The van der Waals surface area contributed by atoms with Crippen molar-refractivity contribution in [2.75, 3.05) is 11.9 Å². The summed E-state index contributed by atoms with van der Waals surface area (Å²) in [7, 11) is 1.44. The summed E-state index contributed by atoms with van der Waals surface area (Å²) < 4.78 is 63.2. The summed E-state index contributed by atoms with van der Waals surface area (Å²) in [5.41, 5.74) is 2.11. The molecule has 0 radical (unpaired) electrons. The van der Waals surface area contributed by atoms with Gasteiger partial charge in [0.2, 0.25) is 0 Å². The molecule has 8 heteroatoms. The molecule has 0 amide bonds. The molecule has 1 unspecified atom stereocenters. The van der Waals surface area contributed by atoms with Gasteiger partial charge in [0.15, 0.2) is 17.7 Å². The first-order chi connectivity index (χ1) is 15.9. The highest BCUT2D eigenvalue weighted by Gasteiger charge is 2.28. The first-order valence-electron chi connectivity index (χ1n) is 10.6. The zero-order chi connectivity index (χ0) is 25.3. The number of carbonyl (C=O) groups is 1. The molecule has 0 saturated carbocycles. The van der Waals surface area contributed by atoms with Crippen LogP contribution in [0.4, 0.5) is 28.9 Å². The van der Waals surface area contributed by atoms with Crippen molar-refractivity contribution in [1.82, 2.24) is 0 Å². The molecule has 0 aliphatic rings. The lowest BCUT2D eigenvalue weighted by Crippen LogP contribution is -2.32. The summed E-state index contributed by atoms with van der Waals surface area (Å²) in [6.45, 7) is 6.75. The molecule has 0 bridgehead atoms. The Morgan fingerprint density at radius 2 is 1.53 bits per heavy atom. The third-order valence-electron chi connectivity index (χ3n) is 5.67. The standard InChI is InChI=1S/C26H25F4NO3/c1-13(2)25(26(32)33)34-22-7-6-20(29)24(23(22)30)31(5)21-11-16(8-14(3)15(21)4)17-9-18(27)12-19(28)10-17/h6-13,25H,1-5H3,(H,32,33). The van der Waals surface area contributed by atoms with Gasteiger partial charge in [-0.05, 0) is 66.4 Å². The van der Waals surface area contributed by atoms with Crippen molar-refractivity contribution in [3.63, 3.8) is 0 Å². The van der Waals surface area contributed by atoms with Crippen molar-refractivity contribution in [3.8, 4) is 16.9 Å². The number of halogens is 4. The van der Waals surface area contributed by atoms with Gasteiger partial charge in [0.05, 0.1) is 0 Å². The fourth-order valence-corrected chi connectivity index (χ4v) is 3.73. The molecule has 3 aromatic carbocycles. The van der Waals surface area contributed by atoms with Crippen LogP contribution in [0.15, 0.2) is 42.5 Å². The Balaban J connectivity index is 2.12. The Kier molecular flexibility index (Phi) is 7.19. The van der Waals surface area contributed by atoms with Crippen molar-refractivity contribution in [2.24, 2.45) is 5.92 Å². The Morgan fingerprint density at radius 1 is 0.941 bits per heavy atom. The van der Waals surface area contributed by atoms with Crippen LogP contribution in [0.25, 0.3) is 11.1 Å². The minimum absolute atomic E-state index is 0.273. The fourth-order valence-electron chi connectivity index (χ4n) is 3.73. The van der Waals surface area contributed by atoms with Crippen LogP contribution in [0.1, 0.15) is 25.0 Å².